The maximum atomic E-state index is 5.71. The van der Waals surface area contributed by atoms with Gasteiger partial charge in [0.05, 0.1) is 12.0 Å². The molecule has 0 atom stereocenters. The molecule has 0 fully saturated rings. The van der Waals surface area contributed by atoms with Crippen molar-refractivity contribution in [2.75, 3.05) is 12.8 Å². The summed E-state index contributed by atoms with van der Waals surface area (Å²) in [7, 11) is 1.66. The average molecular weight is 221 g/mol. The van der Waals surface area contributed by atoms with Gasteiger partial charge in [-0.15, -0.1) is 0 Å². The predicted molar refractivity (Wildman–Crippen MR) is 62.0 cm³/mol. The van der Waals surface area contributed by atoms with Crippen LogP contribution in [0.4, 0.5) is 5.13 Å². The van der Waals surface area contributed by atoms with Gasteiger partial charge in [0.15, 0.2) is 0 Å². The summed E-state index contributed by atoms with van der Waals surface area (Å²) in [6.45, 7) is 2.05. The zero-order chi connectivity index (χ0) is 10.8. The van der Waals surface area contributed by atoms with E-state index in [2.05, 4.69) is 11.9 Å². The van der Waals surface area contributed by atoms with Crippen molar-refractivity contribution >= 4 is 16.5 Å². The number of benzene rings is 1. The Hall–Kier alpha value is -1.55. The average Bonchev–Trinajstić information content (AvgIpc) is 2.58. The number of aromatic nitrogens is 1. The van der Waals surface area contributed by atoms with Gasteiger partial charge in [-0.1, -0.05) is 11.3 Å². The molecule has 2 rings (SSSR count). The molecule has 4 heteroatoms. The quantitative estimate of drug-likeness (QED) is 0.844. The SMILES string of the molecule is COc1ccc(-c2[nH+]c(N)sc2C)cc1. The first kappa shape index (κ1) is 9.98. The Labute approximate surface area is 92.5 Å². The molecule has 2 aromatic rings. The van der Waals surface area contributed by atoms with E-state index in [-0.39, 0.29) is 0 Å². The van der Waals surface area contributed by atoms with Gasteiger partial charge < -0.3 is 4.74 Å². The Kier molecular flexibility index (Phi) is 2.60. The predicted octanol–water partition coefficient (Wildman–Crippen LogP) is 2.13. The molecule has 1 aromatic heterocycles. The Bertz CT molecular complexity index is 462. The molecule has 15 heavy (non-hydrogen) atoms. The summed E-state index contributed by atoms with van der Waals surface area (Å²) >= 11 is 1.56. The first-order valence-corrected chi connectivity index (χ1v) is 5.45. The van der Waals surface area contributed by atoms with Crippen molar-refractivity contribution in [3.8, 4) is 17.0 Å². The van der Waals surface area contributed by atoms with Crippen LogP contribution in [0.25, 0.3) is 11.3 Å². The Morgan fingerprint density at radius 3 is 2.40 bits per heavy atom. The Morgan fingerprint density at radius 2 is 1.93 bits per heavy atom. The minimum atomic E-state index is 0.735. The molecule has 0 amide bonds. The van der Waals surface area contributed by atoms with Crippen LogP contribution in [0.5, 0.6) is 5.75 Å². The summed E-state index contributed by atoms with van der Waals surface area (Å²) in [5.41, 5.74) is 7.92. The topological polar surface area (TPSA) is 49.4 Å². The van der Waals surface area contributed by atoms with E-state index in [4.69, 9.17) is 10.5 Å². The molecule has 1 aromatic carbocycles. The molecule has 1 heterocycles. The van der Waals surface area contributed by atoms with Crippen molar-refractivity contribution in [1.82, 2.24) is 0 Å². The third-order valence-corrected chi connectivity index (χ3v) is 3.07. The number of nitrogens with one attached hydrogen (secondary N) is 1. The highest BCUT2D eigenvalue weighted by molar-refractivity contribution is 7.15. The van der Waals surface area contributed by atoms with Gasteiger partial charge in [-0.2, -0.15) is 0 Å². The van der Waals surface area contributed by atoms with Crippen LogP contribution in [0, 0.1) is 6.92 Å². The van der Waals surface area contributed by atoms with Crippen LogP contribution < -0.4 is 15.5 Å². The molecule has 0 unspecified atom stereocenters. The number of anilines is 1. The first-order valence-electron chi connectivity index (χ1n) is 4.63. The third-order valence-electron chi connectivity index (χ3n) is 2.24. The largest absolute Gasteiger partial charge is 0.497 e. The maximum absolute atomic E-state index is 5.71. The van der Waals surface area contributed by atoms with E-state index in [0.717, 1.165) is 22.1 Å². The lowest BCUT2D eigenvalue weighted by atomic mass is 10.1. The van der Waals surface area contributed by atoms with E-state index in [0.29, 0.717) is 0 Å². The molecule has 0 spiro atoms. The molecule has 3 N–H and O–H groups in total. The minimum Gasteiger partial charge on any atom is -0.497 e. The number of nitrogens with two attached hydrogens (primary N) is 1. The molecule has 3 nitrogen and oxygen atoms in total. The monoisotopic (exact) mass is 221 g/mol. The zero-order valence-corrected chi connectivity index (χ0v) is 9.52. The van der Waals surface area contributed by atoms with Crippen molar-refractivity contribution in [2.45, 2.75) is 6.92 Å². The zero-order valence-electron chi connectivity index (χ0n) is 8.70. The second kappa shape index (κ2) is 3.90. The Morgan fingerprint density at radius 1 is 1.27 bits per heavy atom. The number of ether oxygens (including phenoxy) is 1. The van der Waals surface area contributed by atoms with Crippen LogP contribution in [0.3, 0.4) is 0 Å². The summed E-state index contributed by atoms with van der Waals surface area (Å²) in [5.74, 6) is 0.861. The maximum Gasteiger partial charge on any atom is 0.330 e. The molecule has 0 saturated carbocycles. The van der Waals surface area contributed by atoms with Gasteiger partial charge in [0.2, 0.25) is 0 Å². The molecule has 78 valence electrons. The number of H-pyrrole nitrogens is 1. The van der Waals surface area contributed by atoms with Gasteiger partial charge in [-0.3, -0.25) is 5.73 Å². The van der Waals surface area contributed by atoms with Gasteiger partial charge >= 0.3 is 5.13 Å². The first-order chi connectivity index (χ1) is 7.20. The van der Waals surface area contributed by atoms with Crippen molar-refractivity contribution in [1.29, 1.82) is 0 Å². The minimum absolute atomic E-state index is 0.735. The van der Waals surface area contributed by atoms with Crippen molar-refractivity contribution < 1.29 is 9.72 Å². The van der Waals surface area contributed by atoms with Crippen LogP contribution in [-0.4, -0.2) is 7.11 Å². The lowest BCUT2D eigenvalue weighted by Crippen LogP contribution is -2.07. The van der Waals surface area contributed by atoms with Crippen LogP contribution in [0.2, 0.25) is 0 Å². The fraction of sp³-hybridized carbons (Fsp3) is 0.182. The van der Waals surface area contributed by atoms with Crippen molar-refractivity contribution in [3.05, 3.63) is 29.1 Å². The van der Waals surface area contributed by atoms with Crippen molar-refractivity contribution in [2.24, 2.45) is 0 Å². The normalized spacial score (nSPS) is 10.3. The molecule has 0 aliphatic rings. The van der Waals surface area contributed by atoms with E-state index in [1.54, 1.807) is 18.4 Å². The van der Waals surface area contributed by atoms with Gasteiger partial charge in [0, 0.05) is 5.56 Å². The Balaban J connectivity index is 2.41. The summed E-state index contributed by atoms with van der Waals surface area (Å²) in [6, 6.07) is 7.92. The molecule has 0 bridgehead atoms. The number of hydrogen-bond donors (Lipinski definition) is 1. The van der Waals surface area contributed by atoms with E-state index in [1.165, 1.54) is 4.88 Å². The standard InChI is InChI=1S/C11H12N2OS/c1-7-10(13-11(12)15-7)8-3-5-9(14-2)6-4-8/h3-6H,1-2H3,(H2,12,13)/p+1. The second-order valence-electron chi connectivity index (χ2n) is 3.25. The fourth-order valence-electron chi connectivity index (χ4n) is 1.49. The van der Waals surface area contributed by atoms with Gasteiger partial charge in [-0.05, 0) is 31.2 Å². The van der Waals surface area contributed by atoms with E-state index < -0.39 is 0 Å². The number of thiazole rings is 1. The van der Waals surface area contributed by atoms with E-state index in [1.807, 2.05) is 24.3 Å². The number of hydrogen-bond acceptors (Lipinski definition) is 3. The van der Waals surface area contributed by atoms with E-state index in [9.17, 15) is 0 Å². The molecule has 0 aliphatic carbocycles. The van der Waals surface area contributed by atoms with Crippen molar-refractivity contribution in [3.63, 3.8) is 0 Å². The number of aryl methyl sites for hydroxylation is 1. The van der Waals surface area contributed by atoms with Gasteiger partial charge in [0.25, 0.3) is 0 Å². The molecule has 0 radical (unpaired) electrons. The van der Waals surface area contributed by atoms with E-state index >= 15 is 0 Å². The summed E-state index contributed by atoms with van der Waals surface area (Å²) in [5, 5.41) is 0.735. The summed E-state index contributed by atoms with van der Waals surface area (Å²) in [6.07, 6.45) is 0. The molecule has 0 saturated heterocycles. The lowest BCUT2D eigenvalue weighted by Gasteiger charge is -2.00. The fourth-order valence-corrected chi connectivity index (χ4v) is 2.24. The number of aromatic amines is 1. The highest BCUT2D eigenvalue weighted by atomic mass is 32.1. The highest BCUT2D eigenvalue weighted by Crippen LogP contribution is 2.26. The summed E-state index contributed by atoms with van der Waals surface area (Å²) in [4.78, 5) is 4.35. The lowest BCUT2D eigenvalue weighted by molar-refractivity contribution is -0.340. The smallest absolute Gasteiger partial charge is 0.330 e. The van der Waals surface area contributed by atoms with Gasteiger partial charge in [0.1, 0.15) is 11.4 Å². The summed E-state index contributed by atoms with van der Waals surface area (Å²) < 4.78 is 5.11. The number of nitrogen functional groups attached to an aromatic ring is 1. The van der Waals surface area contributed by atoms with Crippen LogP contribution in [-0.2, 0) is 0 Å². The highest BCUT2D eigenvalue weighted by Gasteiger charge is 2.11. The molecular formula is C11H13N2OS+. The van der Waals surface area contributed by atoms with Crippen LogP contribution in [0.1, 0.15) is 4.88 Å². The van der Waals surface area contributed by atoms with Gasteiger partial charge in [-0.25, -0.2) is 4.98 Å². The van der Waals surface area contributed by atoms with Crippen LogP contribution >= 0.6 is 11.3 Å². The second-order valence-corrected chi connectivity index (χ2v) is 4.51. The number of methoxy groups -OCH3 is 1. The number of rotatable bonds is 2. The third kappa shape index (κ3) is 1.94. The van der Waals surface area contributed by atoms with Crippen LogP contribution in [0.15, 0.2) is 24.3 Å². The molecular weight excluding hydrogens is 208 g/mol. The molecule has 0 aliphatic heterocycles.